The van der Waals surface area contributed by atoms with Crippen molar-refractivity contribution in [3.8, 4) is 11.1 Å². The summed E-state index contributed by atoms with van der Waals surface area (Å²) in [5, 5.41) is 11.9. The third-order valence-corrected chi connectivity index (χ3v) is 4.14. The van der Waals surface area contributed by atoms with Gasteiger partial charge in [0.25, 0.3) is 0 Å². The van der Waals surface area contributed by atoms with E-state index < -0.39 is 24.0 Å². The normalized spacial score (nSPS) is 13.3. The maximum atomic E-state index is 12.0. The maximum Gasteiger partial charge on any atom is 0.326 e. The molecule has 0 aliphatic heterocycles. The van der Waals surface area contributed by atoms with Crippen LogP contribution in [0, 0.1) is 5.92 Å². The average molecular weight is 340 g/mol. The number of amides is 1. The highest BCUT2D eigenvalue weighted by molar-refractivity contribution is 5.87. The lowest BCUT2D eigenvalue weighted by atomic mass is 10.00. The number of nitrogens with two attached hydrogens (primary N) is 1. The minimum atomic E-state index is -1.07. The number of nitrogens with one attached hydrogen (secondary N) is 1. The third kappa shape index (κ3) is 5.16. The van der Waals surface area contributed by atoms with Gasteiger partial charge in [0.05, 0.1) is 6.04 Å². The van der Waals surface area contributed by atoms with Gasteiger partial charge >= 0.3 is 5.97 Å². The summed E-state index contributed by atoms with van der Waals surface area (Å²) in [6, 6.07) is 15.9. The van der Waals surface area contributed by atoms with Gasteiger partial charge in [0, 0.05) is 6.42 Å². The Morgan fingerprint density at radius 1 is 1.00 bits per heavy atom. The predicted molar refractivity (Wildman–Crippen MR) is 98.0 cm³/mol. The van der Waals surface area contributed by atoms with E-state index in [2.05, 4.69) is 5.32 Å². The molecule has 0 saturated carbocycles. The number of hydrogen-bond donors (Lipinski definition) is 3. The lowest BCUT2D eigenvalue weighted by Crippen LogP contribution is -2.51. The highest BCUT2D eigenvalue weighted by atomic mass is 16.4. The van der Waals surface area contributed by atoms with Crippen molar-refractivity contribution in [1.82, 2.24) is 5.32 Å². The van der Waals surface area contributed by atoms with Crippen molar-refractivity contribution in [2.45, 2.75) is 32.4 Å². The van der Waals surface area contributed by atoms with E-state index in [0.29, 0.717) is 0 Å². The predicted octanol–water partition coefficient (Wildman–Crippen LogP) is 2.45. The molecule has 0 heterocycles. The minimum Gasteiger partial charge on any atom is -0.480 e. The summed E-state index contributed by atoms with van der Waals surface area (Å²) in [4.78, 5) is 23.5. The van der Waals surface area contributed by atoms with E-state index in [0.717, 1.165) is 16.7 Å². The number of benzene rings is 2. The van der Waals surface area contributed by atoms with Gasteiger partial charge in [-0.05, 0) is 22.6 Å². The molecule has 5 heteroatoms. The molecular formula is C20H24N2O3. The zero-order valence-electron chi connectivity index (χ0n) is 14.5. The number of carbonyl (C=O) groups excluding carboxylic acids is 1. The molecule has 0 aliphatic rings. The van der Waals surface area contributed by atoms with Crippen LogP contribution in [0.1, 0.15) is 19.4 Å². The minimum absolute atomic E-state index is 0.0559. The van der Waals surface area contributed by atoms with Crippen molar-refractivity contribution < 1.29 is 14.7 Å². The van der Waals surface area contributed by atoms with Gasteiger partial charge in [-0.1, -0.05) is 68.4 Å². The van der Waals surface area contributed by atoms with Crippen molar-refractivity contribution >= 4 is 11.9 Å². The quantitative estimate of drug-likeness (QED) is 0.722. The number of carboxylic acids is 1. The lowest BCUT2D eigenvalue weighted by Gasteiger charge is -2.20. The zero-order chi connectivity index (χ0) is 18.4. The number of rotatable bonds is 7. The molecule has 1 amide bonds. The molecule has 0 aromatic heterocycles. The highest BCUT2D eigenvalue weighted by Crippen LogP contribution is 2.19. The van der Waals surface area contributed by atoms with E-state index in [9.17, 15) is 14.7 Å². The molecule has 2 rings (SSSR count). The molecule has 25 heavy (non-hydrogen) atoms. The molecule has 2 unspecified atom stereocenters. The van der Waals surface area contributed by atoms with Crippen LogP contribution >= 0.6 is 0 Å². The lowest BCUT2D eigenvalue weighted by molar-refractivity contribution is -0.142. The summed E-state index contributed by atoms with van der Waals surface area (Å²) < 4.78 is 0. The van der Waals surface area contributed by atoms with Gasteiger partial charge in [0.1, 0.15) is 6.04 Å². The number of carboxylic acid groups (broad SMARTS) is 1. The molecule has 2 aromatic rings. The number of carbonyl (C=O) groups is 2. The van der Waals surface area contributed by atoms with Gasteiger partial charge in [0.2, 0.25) is 5.91 Å². The van der Waals surface area contributed by atoms with Crippen LogP contribution in [0.5, 0.6) is 0 Å². The summed E-state index contributed by atoms with van der Waals surface area (Å²) >= 11 is 0. The summed E-state index contributed by atoms with van der Waals surface area (Å²) in [5.74, 6) is -1.57. The van der Waals surface area contributed by atoms with Crippen LogP contribution in [0.15, 0.2) is 54.6 Å². The fraction of sp³-hybridized carbons (Fsp3) is 0.300. The van der Waals surface area contributed by atoms with E-state index in [1.807, 2.05) is 68.4 Å². The maximum absolute atomic E-state index is 12.0. The fourth-order valence-electron chi connectivity index (χ4n) is 2.47. The van der Waals surface area contributed by atoms with E-state index >= 15 is 0 Å². The molecule has 0 saturated heterocycles. The molecular weight excluding hydrogens is 316 g/mol. The molecule has 2 aromatic carbocycles. The van der Waals surface area contributed by atoms with Crippen molar-refractivity contribution in [2.75, 3.05) is 0 Å². The van der Waals surface area contributed by atoms with Crippen molar-refractivity contribution in [3.05, 3.63) is 60.2 Å². The Labute approximate surface area is 147 Å². The van der Waals surface area contributed by atoms with Crippen LogP contribution in [0.2, 0.25) is 0 Å². The first-order valence-corrected chi connectivity index (χ1v) is 8.31. The summed E-state index contributed by atoms with van der Waals surface area (Å²) in [6.07, 6.45) is 0.209. The Bertz CT molecular complexity index is 711. The first-order chi connectivity index (χ1) is 11.9. The van der Waals surface area contributed by atoms with Gasteiger partial charge in [-0.25, -0.2) is 4.79 Å². The summed E-state index contributed by atoms with van der Waals surface area (Å²) in [5.41, 5.74) is 8.77. The van der Waals surface area contributed by atoms with Crippen LogP contribution in [0.3, 0.4) is 0 Å². The van der Waals surface area contributed by atoms with Crippen LogP contribution in [0.4, 0.5) is 0 Å². The van der Waals surface area contributed by atoms with Crippen LogP contribution in [0.25, 0.3) is 11.1 Å². The topological polar surface area (TPSA) is 92.4 Å². The molecule has 0 aliphatic carbocycles. The second-order valence-corrected chi connectivity index (χ2v) is 6.44. The highest BCUT2D eigenvalue weighted by Gasteiger charge is 2.25. The van der Waals surface area contributed by atoms with Gasteiger partial charge in [0.15, 0.2) is 0 Å². The second-order valence-electron chi connectivity index (χ2n) is 6.44. The molecule has 0 radical (unpaired) electrons. The second kappa shape index (κ2) is 8.44. The fourth-order valence-corrected chi connectivity index (χ4v) is 2.47. The molecule has 5 nitrogen and oxygen atoms in total. The van der Waals surface area contributed by atoms with Gasteiger partial charge in [-0.15, -0.1) is 0 Å². The monoisotopic (exact) mass is 340 g/mol. The van der Waals surface area contributed by atoms with Crippen LogP contribution in [-0.4, -0.2) is 29.1 Å². The summed E-state index contributed by atoms with van der Waals surface area (Å²) in [6.45, 7) is 3.64. The third-order valence-electron chi connectivity index (χ3n) is 4.14. The summed E-state index contributed by atoms with van der Waals surface area (Å²) in [7, 11) is 0. The Morgan fingerprint density at radius 3 is 2.08 bits per heavy atom. The molecule has 0 bridgehead atoms. The average Bonchev–Trinajstić information content (AvgIpc) is 2.61. The van der Waals surface area contributed by atoms with E-state index in [4.69, 9.17) is 5.73 Å². The van der Waals surface area contributed by atoms with Gasteiger partial charge in [-0.3, -0.25) is 4.79 Å². The SMILES string of the molecule is CC(C)C(N)C(=O)NC(Cc1ccc(-c2ccccc2)cc1)C(=O)O. The van der Waals surface area contributed by atoms with Crippen molar-refractivity contribution in [3.63, 3.8) is 0 Å². The molecule has 0 fully saturated rings. The van der Waals surface area contributed by atoms with Crippen LogP contribution < -0.4 is 11.1 Å². The molecule has 4 N–H and O–H groups in total. The Hall–Kier alpha value is -2.66. The smallest absolute Gasteiger partial charge is 0.326 e. The first kappa shape index (κ1) is 18.7. The Balaban J connectivity index is 2.07. The Kier molecular flexibility index (Phi) is 6.31. The molecule has 2 atom stereocenters. The van der Waals surface area contributed by atoms with Gasteiger partial charge < -0.3 is 16.2 Å². The molecule has 0 spiro atoms. The van der Waals surface area contributed by atoms with E-state index in [-0.39, 0.29) is 12.3 Å². The zero-order valence-corrected chi connectivity index (χ0v) is 14.5. The van der Waals surface area contributed by atoms with E-state index in [1.54, 1.807) is 0 Å². The van der Waals surface area contributed by atoms with Crippen molar-refractivity contribution in [1.29, 1.82) is 0 Å². The standard InChI is InChI=1S/C20H24N2O3/c1-13(2)18(21)19(23)22-17(20(24)25)12-14-8-10-16(11-9-14)15-6-4-3-5-7-15/h3-11,13,17-18H,12,21H2,1-2H3,(H,22,23)(H,24,25). The van der Waals surface area contributed by atoms with Gasteiger partial charge in [-0.2, -0.15) is 0 Å². The number of aliphatic carboxylic acids is 1. The number of hydrogen-bond acceptors (Lipinski definition) is 3. The molecule has 132 valence electrons. The van der Waals surface area contributed by atoms with E-state index in [1.165, 1.54) is 0 Å². The largest absolute Gasteiger partial charge is 0.480 e. The van der Waals surface area contributed by atoms with Crippen molar-refractivity contribution in [2.24, 2.45) is 11.7 Å². The first-order valence-electron chi connectivity index (χ1n) is 8.31. The Morgan fingerprint density at radius 2 is 1.56 bits per heavy atom. The van der Waals surface area contributed by atoms with Crippen LogP contribution in [-0.2, 0) is 16.0 Å².